The Morgan fingerprint density at radius 1 is 0.950 bits per heavy atom. The van der Waals surface area contributed by atoms with E-state index in [-0.39, 0.29) is 11.8 Å². The molecule has 0 aromatic carbocycles. The monoisotopic (exact) mass is 282 g/mol. The highest BCUT2D eigenvalue weighted by molar-refractivity contribution is 6.34. The SMILES string of the molecule is CN(C)C1CCN(C(=O)C(=O)N2CCCNCC2)CC1. The largest absolute Gasteiger partial charge is 0.334 e. The molecule has 2 aliphatic rings. The molecule has 2 saturated heterocycles. The molecular weight excluding hydrogens is 256 g/mol. The van der Waals surface area contributed by atoms with Gasteiger partial charge in [-0.25, -0.2) is 0 Å². The number of carbonyl (C=O) groups is 2. The predicted octanol–water partition coefficient (Wildman–Crippen LogP) is -0.639. The van der Waals surface area contributed by atoms with Crippen LogP contribution in [0.4, 0.5) is 0 Å². The van der Waals surface area contributed by atoms with Gasteiger partial charge in [0, 0.05) is 38.8 Å². The van der Waals surface area contributed by atoms with Crippen LogP contribution in [0.1, 0.15) is 19.3 Å². The Hall–Kier alpha value is -1.14. The molecule has 0 aliphatic carbocycles. The zero-order chi connectivity index (χ0) is 14.5. The highest BCUT2D eigenvalue weighted by Gasteiger charge is 2.30. The van der Waals surface area contributed by atoms with Gasteiger partial charge in [0.2, 0.25) is 0 Å². The first kappa shape index (κ1) is 15.3. The molecule has 1 N–H and O–H groups in total. The van der Waals surface area contributed by atoms with Crippen LogP contribution in [-0.4, -0.2) is 85.9 Å². The van der Waals surface area contributed by atoms with E-state index in [1.165, 1.54) is 0 Å². The van der Waals surface area contributed by atoms with Gasteiger partial charge < -0.3 is 20.0 Å². The van der Waals surface area contributed by atoms with E-state index in [0.717, 1.165) is 32.4 Å². The van der Waals surface area contributed by atoms with Crippen LogP contribution in [0.2, 0.25) is 0 Å². The maximum atomic E-state index is 12.3. The highest BCUT2D eigenvalue weighted by Crippen LogP contribution is 2.15. The quantitative estimate of drug-likeness (QED) is 0.650. The normalized spacial score (nSPS) is 21.9. The maximum absolute atomic E-state index is 12.3. The van der Waals surface area contributed by atoms with Crippen LogP contribution in [0.5, 0.6) is 0 Å². The molecule has 20 heavy (non-hydrogen) atoms. The average Bonchev–Trinajstić information content (AvgIpc) is 2.75. The van der Waals surface area contributed by atoms with E-state index in [9.17, 15) is 9.59 Å². The number of likely N-dealkylation sites (tertiary alicyclic amines) is 1. The standard InChI is InChI=1S/C14H26N4O2/c1-16(2)12-4-9-18(10-5-12)14(20)13(19)17-8-3-6-15-7-11-17/h12,15H,3-11H2,1-2H3. The fraction of sp³-hybridized carbons (Fsp3) is 0.857. The fourth-order valence-corrected chi connectivity index (χ4v) is 2.90. The third-order valence-electron chi connectivity index (χ3n) is 4.29. The molecule has 114 valence electrons. The molecule has 0 aromatic rings. The van der Waals surface area contributed by atoms with Gasteiger partial charge >= 0.3 is 11.8 Å². The first-order chi connectivity index (χ1) is 9.59. The third kappa shape index (κ3) is 3.70. The Balaban J connectivity index is 1.86. The Bertz CT molecular complexity index is 343. The first-order valence-electron chi connectivity index (χ1n) is 7.55. The number of nitrogens with one attached hydrogen (secondary N) is 1. The van der Waals surface area contributed by atoms with Gasteiger partial charge in [0.25, 0.3) is 0 Å². The zero-order valence-corrected chi connectivity index (χ0v) is 12.6. The van der Waals surface area contributed by atoms with E-state index in [0.29, 0.717) is 32.2 Å². The molecule has 2 heterocycles. The van der Waals surface area contributed by atoms with E-state index in [4.69, 9.17) is 0 Å². The molecular formula is C14H26N4O2. The van der Waals surface area contributed by atoms with Crippen LogP contribution in [0.3, 0.4) is 0 Å². The second kappa shape index (κ2) is 7.04. The number of piperidine rings is 1. The third-order valence-corrected chi connectivity index (χ3v) is 4.29. The van der Waals surface area contributed by atoms with E-state index < -0.39 is 0 Å². The summed E-state index contributed by atoms with van der Waals surface area (Å²) in [4.78, 5) is 30.2. The molecule has 0 atom stereocenters. The van der Waals surface area contributed by atoms with Gasteiger partial charge in [0.15, 0.2) is 0 Å². The van der Waals surface area contributed by atoms with Crippen LogP contribution >= 0.6 is 0 Å². The maximum Gasteiger partial charge on any atom is 0.312 e. The van der Waals surface area contributed by atoms with Crippen LogP contribution in [-0.2, 0) is 9.59 Å². The lowest BCUT2D eigenvalue weighted by atomic mass is 10.0. The van der Waals surface area contributed by atoms with Crippen molar-refractivity contribution in [3.8, 4) is 0 Å². The van der Waals surface area contributed by atoms with E-state index >= 15 is 0 Å². The van der Waals surface area contributed by atoms with Crippen molar-refractivity contribution in [2.24, 2.45) is 0 Å². The minimum absolute atomic E-state index is 0.316. The van der Waals surface area contributed by atoms with E-state index in [2.05, 4.69) is 24.3 Å². The second-order valence-corrected chi connectivity index (χ2v) is 5.88. The molecule has 2 rings (SSSR count). The summed E-state index contributed by atoms with van der Waals surface area (Å²) in [6.07, 6.45) is 2.82. The summed E-state index contributed by atoms with van der Waals surface area (Å²) in [7, 11) is 4.13. The van der Waals surface area contributed by atoms with Crippen molar-refractivity contribution in [2.75, 3.05) is 53.4 Å². The second-order valence-electron chi connectivity index (χ2n) is 5.88. The van der Waals surface area contributed by atoms with Crippen LogP contribution in [0, 0.1) is 0 Å². The summed E-state index contributed by atoms with van der Waals surface area (Å²) in [5.41, 5.74) is 0. The minimum Gasteiger partial charge on any atom is -0.334 e. The van der Waals surface area contributed by atoms with Crippen LogP contribution < -0.4 is 5.32 Å². The summed E-state index contributed by atoms with van der Waals surface area (Å²) in [5.74, 6) is -0.638. The van der Waals surface area contributed by atoms with Gasteiger partial charge in [-0.3, -0.25) is 9.59 Å². The lowest BCUT2D eigenvalue weighted by molar-refractivity contribution is -0.152. The zero-order valence-electron chi connectivity index (χ0n) is 12.6. The topological polar surface area (TPSA) is 55.9 Å². The average molecular weight is 282 g/mol. The van der Waals surface area contributed by atoms with Gasteiger partial charge in [0.05, 0.1) is 0 Å². The number of hydrogen-bond donors (Lipinski definition) is 1. The number of rotatable bonds is 1. The van der Waals surface area contributed by atoms with Gasteiger partial charge in [0.1, 0.15) is 0 Å². The molecule has 6 nitrogen and oxygen atoms in total. The van der Waals surface area contributed by atoms with Crippen LogP contribution in [0.15, 0.2) is 0 Å². The molecule has 0 spiro atoms. The number of hydrogen-bond acceptors (Lipinski definition) is 4. The number of nitrogens with zero attached hydrogens (tertiary/aromatic N) is 3. The molecule has 0 aromatic heterocycles. The van der Waals surface area contributed by atoms with Gasteiger partial charge in [-0.15, -0.1) is 0 Å². The van der Waals surface area contributed by atoms with Gasteiger partial charge in [-0.1, -0.05) is 0 Å². The Labute approximate surface area is 121 Å². The first-order valence-corrected chi connectivity index (χ1v) is 7.55. The smallest absolute Gasteiger partial charge is 0.312 e. The summed E-state index contributed by atoms with van der Waals surface area (Å²) in [6, 6.07) is 0.525. The summed E-state index contributed by atoms with van der Waals surface area (Å²) >= 11 is 0. The Kier molecular flexibility index (Phi) is 5.37. The van der Waals surface area contributed by atoms with Crippen molar-refractivity contribution in [3.05, 3.63) is 0 Å². The molecule has 0 radical (unpaired) electrons. The van der Waals surface area contributed by atoms with Crippen molar-refractivity contribution in [3.63, 3.8) is 0 Å². The molecule has 2 amide bonds. The van der Waals surface area contributed by atoms with Gasteiger partial charge in [-0.05, 0) is 39.9 Å². The lowest BCUT2D eigenvalue weighted by Gasteiger charge is -2.35. The number of carbonyl (C=O) groups excluding carboxylic acids is 2. The summed E-state index contributed by atoms with van der Waals surface area (Å²) < 4.78 is 0. The molecule has 2 fully saturated rings. The van der Waals surface area contributed by atoms with Gasteiger partial charge in [-0.2, -0.15) is 0 Å². The van der Waals surface area contributed by atoms with Crippen LogP contribution in [0.25, 0.3) is 0 Å². The summed E-state index contributed by atoms with van der Waals surface area (Å²) in [5, 5.41) is 3.24. The molecule has 2 aliphatic heterocycles. The Morgan fingerprint density at radius 2 is 1.55 bits per heavy atom. The van der Waals surface area contributed by atoms with Crippen molar-refractivity contribution in [2.45, 2.75) is 25.3 Å². The molecule has 0 saturated carbocycles. The van der Waals surface area contributed by atoms with Crippen molar-refractivity contribution < 1.29 is 9.59 Å². The lowest BCUT2D eigenvalue weighted by Crippen LogP contribution is -2.50. The number of amides is 2. The minimum atomic E-state index is -0.322. The van der Waals surface area contributed by atoms with Crippen molar-refractivity contribution in [1.29, 1.82) is 0 Å². The highest BCUT2D eigenvalue weighted by atomic mass is 16.2. The summed E-state index contributed by atoms with van der Waals surface area (Å²) in [6.45, 7) is 4.41. The fourth-order valence-electron chi connectivity index (χ4n) is 2.90. The van der Waals surface area contributed by atoms with E-state index in [1.54, 1.807) is 9.80 Å². The van der Waals surface area contributed by atoms with Crippen molar-refractivity contribution in [1.82, 2.24) is 20.0 Å². The molecule has 6 heteroatoms. The molecule has 0 unspecified atom stereocenters. The molecule has 0 bridgehead atoms. The predicted molar refractivity (Wildman–Crippen MR) is 77.4 cm³/mol. The Morgan fingerprint density at radius 3 is 2.15 bits per heavy atom. The van der Waals surface area contributed by atoms with Crippen molar-refractivity contribution >= 4 is 11.8 Å². The van der Waals surface area contributed by atoms with E-state index in [1.807, 2.05) is 0 Å².